The minimum Gasteiger partial charge on any atom is -0.393 e. The standard InChI is InChI=1S/C15H30O2/c1-11(2)12(3,4)14(7,8)17-15(9,10-16)13(11,5)6/h16H,10H2,1-9H3. The minimum absolute atomic E-state index is 0.0260. The Labute approximate surface area is 107 Å². The summed E-state index contributed by atoms with van der Waals surface area (Å²) in [5.41, 5.74) is -0.787. The first kappa shape index (κ1) is 15.0. The van der Waals surface area contributed by atoms with Crippen molar-refractivity contribution in [3.63, 3.8) is 0 Å². The summed E-state index contributed by atoms with van der Waals surface area (Å²) in [6.07, 6.45) is 0. The van der Waals surface area contributed by atoms with E-state index in [1.807, 2.05) is 6.92 Å². The minimum atomic E-state index is -0.504. The van der Waals surface area contributed by atoms with Crippen LogP contribution in [-0.2, 0) is 4.74 Å². The van der Waals surface area contributed by atoms with Crippen LogP contribution in [0.1, 0.15) is 62.3 Å². The van der Waals surface area contributed by atoms with Gasteiger partial charge < -0.3 is 9.84 Å². The average molecular weight is 242 g/mol. The summed E-state index contributed by atoms with van der Waals surface area (Å²) in [4.78, 5) is 0. The second-order valence-electron chi connectivity index (χ2n) is 7.88. The fourth-order valence-corrected chi connectivity index (χ4v) is 3.24. The van der Waals surface area contributed by atoms with Gasteiger partial charge in [0, 0.05) is 5.41 Å². The Bertz CT molecular complexity index is 313. The molecule has 1 fully saturated rings. The molecule has 1 aliphatic rings. The van der Waals surface area contributed by atoms with E-state index in [-0.39, 0.29) is 28.5 Å². The van der Waals surface area contributed by atoms with Crippen LogP contribution in [-0.4, -0.2) is 22.9 Å². The molecule has 0 bridgehead atoms. The van der Waals surface area contributed by atoms with Crippen LogP contribution in [0.3, 0.4) is 0 Å². The van der Waals surface area contributed by atoms with E-state index < -0.39 is 5.60 Å². The van der Waals surface area contributed by atoms with Gasteiger partial charge in [-0.15, -0.1) is 0 Å². The number of hydrogen-bond acceptors (Lipinski definition) is 2. The van der Waals surface area contributed by atoms with Gasteiger partial charge in [0.1, 0.15) is 0 Å². The third-order valence-corrected chi connectivity index (χ3v) is 6.73. The molecule has 1 atom stereocenters. The fraction of sp³-hybridized carbons (Fsp3) is 1.00. The summed E-state index contributed by atoms with van der Waals surface area (Å²) in [6, 6.07) is 0. The van der Waals surface area contributed by atoms with Crippen LogP contribution in [0.5, 0.6) is 0 Å². The Kier molecular flexibility index (Phi) is 3.06. The van der Waals surface area contributed by atoms with Gasteiger partial charge in [-0.25, -0.2) is 0 Å². The van der Waals surface area contributed by atoms with E-state index in [0.717, 1.165) is 0 Å². The van der Waals surface area contributed by atoms with Crippen molar-refractivity contribution in [3.8, 4) is 0 Å². The molecule has 1 heterocycles. The highest BCUT2D eigenvalue weighted by atomic mass is 16.5. The van der Waals surface area contributed by atoms with Gasteiger partial charge in [-0.2, -0.15) is 0 Å². The van der Waals surface area contributed by atoms with Gasteiger partial charge in [0.25, 0.3) is 0 Å². The lowest BCUT2D eigenvalue weighted by atomic mass is 9.44. The molecule has 0 amide bonds. The number of ether oxygens (including phenoxy) is 1. The Morgan fingerprint density at radius 3 is 1.47 bits per heavy atom. The Hall–Kier alpha value is -0.0800. The maximum Gasteiger partial charge on any atom is 0.0947 e. The Morgan fingerprint density at radius 2 is 1.12 bits per heavy atom. The fourth-order valence-electron chi connectivity index (χ4n) is 3.24. The van der Waals surface area contributed by atoms with Crippen LogP contribution in [0, 0.1) is 16.2 Å². The van der Waals surface area contributed by atoms with Gasteiger partial charge >= 0.3 is 0 Å². The summed E-state index contributed by atoms with van der Waals surface area (Å²) >= 11 is 0. The molecule has 1 N–H and O–H groups in total. The smallest absolute Gasteiger partial charge is 0.0947 e. The van der Waals surface area contributed by atoms with Gasteiger partial charge in [-0.1, -0.05) is 41.5 Å². The van der Waals surface area contributed by atoms with Crippen molar-refractivity contribution in [3.05, 3.63) is 0 Å². The van der Waals surface area contributed by atoms with Crippen molar-refractivity contribution >= 4 is 0 Å². The first-order valence-corrected chi connectivity index (χ1v) is 6.58. The molecule has 2 nitrogen and oxygen atoms in total. The maximum absolute atomic E-state index is 9.80. The quantitative estimate of drug-likeness (QED) is 0.761. The normalized spacial score (nSPS) is 37.8. The number of aliphatic hydroxyl groups is 1. The highest BCUT2D eigenvalue weighted by molar-refractivity contribution is 5.14. The molecule has 1 aliphatic heterocycles. The molecule has 102 valence electrons. The molecule has 1 saturated heterocycles. The molecule has 0 aromatic carbocycles. The molecule has 0 aromatic heterocycles. The van der Waals surface area contributed by atoms with Crippen molar-refractivity contribution in [1.29, 1.82) is 0 Å². The molecule has 0 spiro atoms. The number of hydrogen-bond donors (Lipinski definition) is 1. The molecule has 17 heavy (non-hydrogen) atoms. The topological polar surface area (TPSA) is 29.5 Å². The average Bonchev–Trinajstić information content (AvgIpc) is 2.14. The van der Waals surface area contributed by atoms with Gasteiger partial charge in [0.2, 0.25) is 0 Å². The maximum atomic E-state index is 9.80. The van der Waals surface area contributed by atoms with E-state index in [2.05, 4.69) is 55.4 Å². The van der Waals surface area contributed by atoms with E-state index in [1.54, 1.807) is 0 Å². The van der Waals surface area contributed by atoms with E-state index in [1.165, 1.54) is 0 Å². The highest BCUT2D eigenvalue weighted by Crippen LogP contribution is 2.65. The monoisotopic (exact) mass is 242 g/mol. The van der Waals surface area contributed by atoms with Crippen molar-refractivity contribution in [2.75, 3.05) is 6.61 Å². The number of aliphatic hydroxyl groups excluding tert-OH is 1. The van der Waals surface area contributed by atoms with Crippen molar-refractivity contribution in [1.82, 2.24) is 0 Å². The lowest BCUT2D eigenvalue weighted by Gasteiger charge is -2.69. The van der Waals surface area contributed by atoms with Crippen LogP contribution in [0.4, 0.5) is 0 Å². The lowest BCUT2D eigenvalue weighted by molar-refractivity contribution is -0.336. The third-order valence-electron chi connectivity index (χ3n) is 6.73. The van der Waals surface area contributed by atoms with Crippen molar-refractivity contribution in [2.45, 2.75) is 73.5 Å². The molecule has 0 aliphatic carbocycles. The molecule has 0 saturated carbocycles. The summed E-state index contributed by atoms with van der Waals surface area (Å²) in [7, 11) is 0. The zero-order valence-corrected chi connectivity index (χ0v) is 13.1. The zero-order chi connectivity index (χ0) is 13.9. The van der Waals surface area contributed by atoms with E-state index in [0.29, 0.717) is 0 Å². The van der Waals surface area contributed by atoms with Crippen LogP contribution in [0.2, 0.25) is 0 Å². The van der Waals surface area contributed by atoms with Crippen LogP contribution in [0.25, 0.3) is 0 Å². The third kappa shape index (κ3) is 1.53. The SMILES string of the molecule is CC1(C)OC(C)(CO)C(C)(C)C(C)(C)C1(C)C. The van der Waals surface area contributed by atoms with E-state index >= 15 is 0 Å². The van der Waals surface area contributed by atoms with E-state index in [9.17, 15) is 5.11 Å². The first-order valence-electron chi connectivity index (χ1n) is 6.58. The van der Waals surface area contributed by atoms with Crippen LogP contribution < -0.4 is 0 Å². The highest BCUT2D eigenvalue weighted by Gasteiger charge is 2.66. The lowest BCUT2D eigenvalue weighted by Crippen LogP contribution is -2.71. The molecule has 1 rings (SSSR count). The first-order chi connectivity index (χ1) is 7.27. The van der Waals surface area contributed by atoms with Gasteiger partial charge in [0.15, 0.2) is 0 Å². The molecular weight excluding hydrogens is 212 g/mol. The zero-order valence-electron chi connectivity index (χ0n) is 13.1. The predicted molar refractivity (Wildman–Crippen MR) is 72.0 cm³/mol. The number of rotatable bonds is 1. The van der Waals surface area contributed by atoms with Crippen molar-refractivity contribution in [2.24, 2.45) is 16.2 Å². The Morgan fingerprint density at radius 1 is 0.706 bits per heavy atom. The van der Waals surface area contributed by atoms with Gasteiger partial charge in [-0.3, -0.25) is 0 Å². The summed E-state index contributed by atoms with van der Waals surface area (Å²) in [6.45, 7) is 19.9. The predicted octanol–water partition coefficient (Wildman–Crippen LogP) is 3.62. The summed E-state index contributed by atoms with van der Waals surface area (Å²) in [5.74, 6) is 0. The summed E-state index contributed by atoms with van der Waals surface area (Å²) in [5, 5.41) is 9.80. The Balaban J connectivity index is 3.46. The molecular formula is C15H30O2. The van der Waals surface area contributed by atoms with Crippen LogP contribution in [0.15, 0.2) is 0 Å². The largest absolute Gasteiger partial charge is 0.393 e. The second kappa shape index (κ2) is 3.48. The molecule has 0 aromatic rings. The van der Waals surface area contributed by atoms with E-state index in [4.69, 9.17) is 4.74 Å². The summed E-state index contributed by atoms with van der Waals surface area (Å²) < 4.78 is 6.33. The van der Waals surface area contributed by atoms with Gasteiger partial charge in [-0.05, 0) is 31.6 Å². The molecule has 0 radical (unpaired) electrons. The van der Waals surface area contributed by atoms with Crippen molar-refractivity contribution < 1.29 is 9.84 Å². The van der Waals surface area contributed by atoms with Crippen LogP contribution >= 0.6 is 0 Å². The molecule has 2 heteroatoms. The second-order valence-corrected chi connectivity index (χ2v) is 7.88. The van der Waals surface area contributed by atoms with Gasteiger partial charge in [0.05, 0.1) is 17.8 Å². The molecule has 1 unspecified atom stereocenters.